The molecule has 0 aromatic heterocycles. The number of rotatable bonds is 5. The smallest absolute Gasteiger partial charge is 0.368 e. The van der Waals surface area contributed by atoms with E-state index in [1.165, 1.54) is 0 Å². The predicted molar refractivity (Wildman–Crippen MR) is 40.5 cm³/mol. The average Bonchev–Trinajstić information content (AvgIpc) is 2.35. The van der Waals surface area contributed by atoms with Crippen molar-refractivity contribution < 1.29 is 81.2 Å². The summed E-state index contributed by atoms with van der Waals surface area (Å²) in [6.07, 6.45) is -29.1. The van der Waals surface area contributed by atoms with Crippen LogP contribution in [0, 0.1) is 0 Å². The molecule has 0 radical (unpaired) electrons. The molecule has 1 heterocycles. The highest BCUT2D eigenvalue weighted by molar-refractivity contribution is 5.58. The molecule has 2 atom stereocenters. The number of ether oxygens (including phenoxy) is 5. The summed E-state index contributed by atoms with van der Waals surface area (Å²) in [5.74, 6) is 0. The van der Waals surface area contributed by atoms with E-state index in [-0.39, 0.29) is 0 Å². The second-order valence-corrected chi connectivity index (χ2v) is 3.76. The van der Waals surface area contributed by atoms with Gasteiger partial charge in [-0.3, -0.25) is 0 Å². The van der Waals surface area contributed by atoms with Gasteiger partial charge in [-0.05, 0) is 0 Å². The molecule has 0 N–H and O–H groups in total. The highest BCUT2D eigenvalue weighted by atomic mass is 19.4. The molecular formula is C7F12O6. The van der Waals surface area contributed by atoms with Crippen molar-refractivity contribution in [3.8, 4) is 0 Å². The molecule has 1 aliphatic rings. The van der Waals surface area contributed by atoms with Crippen molar-refractivity contribution in [3.63, 3.8) is 0 Å². The zero-order chi connectivity index (χ0) is 20.1. The van der Waals surface area contributed by atoms with Crippen LogP contribution in [-0.2, 0) is 23.7 Å². The number of hydrogen-bond acceptors (Lipinski definition) is 6. The third-order valence-corrected chi connectivity index (χ3v) is 1.91. The quantitative estimate of drug-likeness (QED) is 0.511. The van der Waals surface area contributed by atoms with E-state index < -0.39 is 43.2 Å². The van der Waals surface area contributed by atoms with E-state index in [1.807, 2.05) is 9.47 Å². The second kappa shape index (κ2) is 5.74. The van der Waals surface area contributed by atoms with Gasteiger partial charge in [-0.1, -0.05) is 0 Å². The normalized spacial score (nSPS) is 30.4. The molecule has 0 aromatic carbocycles. The summed E-state index contributed by atoms with van der Waals surface area (Å²) in [5, 5.41) is 0. The molecule has 0 aromatic rings. The molecule has 1 rings (SSSR count). The summed E-state index contributed by atoms with van der Waals surface area (Å²) in [6.45, 7) is 0. The van der Waals surface area contributed by atoms with Gasteiger partial charge in [0.15, 0.2) is 0 Å². The standard InChI is InChI=1S/C7F12O6/c8-1(20)21-2(9,10)3(11,12)22-4(13)5(14,23-6(15,16)17)25-7(18,19)24-4/t4-,5+/m1/s1. The first-order valence-electron chi connectivity index (χ1n) is 5.01. The Hall–Kier alpha value is -1.53. The number of carbonyl (C=O) groups excluding carboxylic acids is 1. The zero-order valence-corrected chi connectivity index (χ0v) is 10.5. The SMILES string of the molecule is O=C(F)OC(F)(F)C(F)(F)O[C@@]1(F)OC(F)(F)O[C@@]1(F)OC(F)(F)F. The Morgan fingerprint density at radius 3 is 1.52 bits per heavy atom. The van der Waals surface area contributed by atoms with Gasteiger partial charge >= 0.3 is 43.2 Å². The lowest BCUT2D eigenvalue weighted by atomic mass is 10.5. The first-order valence-corrected chi connectivity index (χ1v) is 5.01. The summed E-state index contributed by atoms with van der Waals surface area (Å²) in [6, 6.07) is -12.3. The van der Waals surface area contributed by atoms with Crippen molar-refractivity contribution in [1.82, 2.24) is 0 Å². The number of halogens is 12. The Balaban J connectivity index is 3.24. The minimum Gasteiger partial charge on any atom is -0.368 e. The Morgan fingerprint density at radius 1 is 0.760 bits per heavy atom. The summed E-state index contributed by atoms with van der Waals surface area (Å²) in [7, 11) is 0. The van der Waals surface area contributed by atoms with E-state index in [4.69, 9.17) is 0 Å². The van der Waals surface area contributed by atoms with Crippen molar-refractivity contribution in [2.75, 3.05) is 0 Å². The van der Waals surface area contributed by atoms with Crippen molar-refractivity contribution in [1.29, 1.82) is 0 Å². The molecule has 0 saturated carbocycles. The Bertz CT molecular complexity index is 535. The average molecular weight is 408 g/mol. The van der Waals surface area contributed by atoms with Gasteiger partial charge in [0.1, 0.15) is 0 Å². The van der Waals surface area contributed by atoms with Gasteiger partial charge in [-0.15, -0.1) is 26.3 Å². The summed E-state index contributed by atoms with van der Waals surface area (Å²) in [5.41, 5.74) is 0. The zero-order valence-electron chi connectivity index (χ0n) is 10.5. The first-order chi connectivity index (χ1) is 10.7. The maximum absolute atomic E-state index is 13.7. The van der Waals surface area contributed by atoms with Crippen LogP contribution in [0.25, 0.3) is 0 Å². The van der Waals surface area contributed by atoms with Gasteiger partial charge in [-0.25, -0.2) is 23.7 Å². The van der Waals surface area contributed by atoms with Crippen LogP contribution in [0.2, 0.25) is 0 Å². The van der Waals surface area contributed by atoms with Crippen LogP contribution in [0.15, 0.2) is 0 Å². The van der Waals surface area contributed by atoms with Crippen molar-refractivity contribution in [2.24, 2.45) is 0 Å². The van der Waals surface area contributed by atoms with E-state index in [0.717, 1.165) is 0 Å². The third kappa shape index (κ3) is 4.55. The highest BCUT2D eigenvalue weighted by Gasteiger charge is 2.82. The molecule has 0 bridgehead atoms. The van der Waals surface area contributed by atoms with Crippen LogP contribution in [-0.4, -0.2) is 43.2 Å². The topological polar surface area (TPSA) is 63.2 Å². The highest BCUT2D eigenvalue weighted by Crippen LogP contribution is 2.54. The van der Waals surface area contributed by atoms with Crippen LogP contribution in [0.3, 0.4) is 0 Å². The van der Waals surface area contributed by atoms with E-state index in [2.05, 4.69) is 14.2 Å². The third-order valence-electron chi connectivity index (χ3n) is 1.91. The van der Waals surface area contributed by atoms with Crippen molar-refractivity contribution in [3.05, 3.63) is 0 Å². The molecule has 0 spiro atoms. The first kappa shape index (κ1) is 21.5. The lowest BCUT2D eigenvalue weighted by Crippen LogP contribution is -2.58. The fourth-order valence-corrected chi connectivity index (χ4v) is 1.15. The van der Waals surface area contributed by atoms with Crippen LogP contribution in [0.1, 0.15) is 0 Å². The van der Waals surface area contributed by atoms with Gasteiger partial charge < -0.3 is 4.74 Å². The Labute approximate surface area is 126 Å². The number of carbonyl (C=O) groups is 1. The molecular weight excluding hydrogens is 408 g/mol. The predicted octanol–water partition coefficient (Wildman–Crippen LogP) is 3.67. The molecule has 148 valence electrons. The molecule has 25 heavy (non-hydrogen) atoms. The van der Waals surface area contributed by atoms with Crippen LogP contribution >= 0.6 is 0 Å². The van der Waals surface area contributed by atoms with E-state index >= 15 is 0 Å². The second-order valence-electron chi connectivity index (χ2n) is 3.76. The van der Waals surface area contributed by atoms with Gasteiger partial charge in [0.2, 0.25) is 0 Å². The van der Waals surface area contributed by atoms with Gasteiger partial charge in [0, 0.05) is 0 Å². The molecule has 1 aliphatic heterocycles. The maximum Gasteiger partial charge on any atom is 0.527 e. The largest absolute Gasteiger partial charge is 0.527 e. The summed E-state index contributed by atoms with van der Waals surface area (Å²) < 4.78 is 162. The number of hydrogen-bond donors (Lipinski definition) is 0. The molecule has 0 amide bonds. The summed E-state index contributed by atoms with van der Waals surface area (Å²) in [4.78, 5) is 9.57. The minimum atomic E-state index is -6.76. The van der Waals surface area contributed by atoms with Crippen molar-refractivity contribution in [2.45, 2.75) is 37.0 Å². The lowest BCUT2D eigenvalue weighted by molar-refractivity contribution is -0.553. The Morgan fingerprint density at radius 2 is 1.16 bits per heavy atom. The molecule has 1 saturated heterocycles. The van der Waals surface area contributed by atoms with Crippen LogP contribution < -0.4 is 0 Å². The monoisotopic (exact) mass is 408 g/mol. The fraction of sp³-hybridized carbons (Fsp3) is 0.857. The molecule has 0 aliphatic carbocycles. The van der Waals surface area contributed by atoms with E-state index in [0.29, 0.717) is 0 Å². The minimum absolute atomic E-state index is 2.02. The number of alkyl halides is 11. The van der Waals surface area contributed by atoms with Gasteiger partial charge in [0.05, 0.1) is 0 Å². The van der Waals surface area contributed by atoms with Crippen molar-refractivity contribution >= 4 is 6.22 Å². The fourth-order valence-electron chi connectivity index (χ4n) is 1.15. The maximum atomic E-state index is 13.7. The summed E-state index contributed by atoms with van der Waals surface area (Å²) >= 11 is 0. The lowest BCUT2D eigenvalue weighted by Gasteiger charge is -2.32. The molecule has 1 fully saturated rings. The van der Waals surface area contributed by atoms with Gasteiger partial charge in [-0.2, -0.15) is 26.3 Å². The molecule has 18 heteroatoms. The Kier molecular flexibility index (Phi) is 4.94. The van der Waals surface area contributed by atoms with E-state index in [1.54, 1.807) is 0 Å². The van der Waals surface area contributed by atoms with Crippen LogP contribution in [0.4, 0.5) is 57.5 Å². The van der Waals surface area contributed by atoms with Crippen LogP contribution in [0.5, 0.6) is 0 Å². The van der Waals surface area contributed by atoms with Gasteiger partial charge in [0.25, 0.3) is 0 Å². The van der Waals surface area contributed by atoms with E-state index in [9.17, 15) is 57.5 Å². The molecule has 6 nitrogen and oxygen atoms in total. The molecule has 0 unspecified atom stereocenters.